The van der Waals surface area contributed by atoms with Gasteiger partial charge in [-0.15, -0.1) is 0 Å². The number of nitro groups is 1. The van der Waals surface area contributed by atoms with E-state index in [9.17, 15) is 10.1 Å². The summed E-state index contributed by atoms with van der Waals surface area (Å²) in [5.41, 5.74) is 0.510. The Morgan fingerprint density at radius 1 is 1.28 bits per heavy atom. The summed E-state index contributed by atoms with van der Waals surface area (Å²) in [7, 11) is 0. The van der Waals surface area contributed by atoms with Gasteiger partial charge in [0.15, 0.2) is 0 Å². The zero-order valence-electron chi connectivity index (χ0n) is 10.9. The van der Waals surface area contributed by atoms with Gasteiger partial charge in [0, 0.05) is 6.54 Å². The van der Waals surface area contributed by atoms with Crippen molar-refractivity contribution in [3.63, 3.8) is 0 Å². The molecule has 0 aromatic carbocycles. The second kappa shape index (κ2) is 8.44. The van der Waals surface area contributed by atoms with Gasteiger partial charge < -0.3 is 15.4 Å². The predicted octanol–water partition coefficient (Wildman–Crippen LogP) is 3.76. The van der Waals surface area contributed by atoms with E-state index in [1.807, 2.05) is 0 Å². The van der Waals surface area contributed by atoms with E-state index in [1.165, 1.54) is 38.3 Å². The third-order valence-electron chi connectivity index (χ3n) is 2.81. The summed E-state index contributed by atoms with van der Waals surface area (Å²) in [6.45, 7) is 2.96. The number of nitrogens with one attached hydrogen (secondary N) is 1. The van der Waals surface area contributed by atoms with Crippen LogP contribution in [0.5, 0.6) is 0 Å². The molecule has 0 aliphatic rings. The molecule has 1 rings (SSSR count). The van der Waals surface area contributed by atoms with E-state index in [0.717, 1.165) is 13.0 Å². The number of rotatable bonds is 9. The van der Waals surface area contributed by atoms with Crippen molar-refractivity contribution in [2.45, 2.75) is 45.4 Å². The Morgan fingerprint density at radius 3 is 2.72 bits per heavy atom. The maximum absolute atomic E-state index is 10.7. The van der Waals surface area contributed by atoms with Crippen LogP contribution in [-0.4, -0.2) is 16.5 Å². The molecule has 5 nitrogen and oxygen atoms in total. The van der Waals surface area contributed by atoms with Gasteiger partial charge in [-0.25, -0.2) is 0 Å². The van der Waals surface area contributed by atoms with Gasteiger partial charge in [-0.3, -0.25) is 0 Å². The smallest absolute Gasteiger partial charge is 0.378 e. The molecule has 0 radical (unpaired) electrons. The lowest BCUT2D eigenvalue weighted by Gasteiger charge is -2.06. The van der Waals surface area contributed by atoms with Crippen LogP contribution in [0.4, 0.5) is 11.5 Å². The number of pyridine rings is 1. The molecule has 0 aliphatic heterocycles. The highest BCUT2D eigenvalue weighted by molar-refractivity contribution is 5.56. The molecule has 0 amide bonds. The predicted molar refractivity (Wildman–Crippen MR) is 72.8 cm³/mol. The molecule has 1 aromatic heterocycles. The molecule has 0 atom stereocenters. The molecule has 0 unspecified atom stereocenters. The van der Waals surface area contributed by atoms with E-state index >= 15 is 0 Å². The standard InChI is InChI=1S/C13H21N3O2/c1-2-3-4-5-6-7-10-14-12-9-8-11-15-13(12)16(17)18/h8-9,11,14H,2-7,10H2,1H3. The molecule has 1 heterocycles. The van der Waals surface area contributed by atoms with Crippen molar-refractivity contribution in [3.8, 4) is 0 Å². The molecule has 5 heteroatoms. The van der Waals surface area contributed by atoms with Crippen LogP contribution in [0, 0.1) is 10.1 Å². The summed E-state index contributed by atoms with van der Waals surface area (Å²) >= 11 is 0. The molecule has 1 N–H and O–H groups in total. The molecule has 0 spiro atoms. The van der Waals surface area contributed by atoms with Gasteiger partial charge in [0.2, 0.25) is 0 Å². The van der Waals surface area contributed by atoms with Gasteiger partial charge in [-0.05, 0) is 28.5 Å². The molecule has 0 bridgehead atoms. The normalized spacial score (nSPS) is 10.3. The van der Waals surface area contributed by atoms with Gasteiger partial charge in [-0.2, -0.15) is 0 Å². The molecule has 100 valence electrons. The van der Waals surface area contributed by atoms with Gasteiger partial charge in [0.05, 0.1) is 0 Å². The lowest BCUT2D eigenvalue weighted by molar-refractivity contribution is -0.388. The number of unbranched alkanes of at least 4 members (excludes halogenated alkanes) is 5. The van der Waals surface area contributed by atoms with Crippen LogP contribution in [0.25, 0.3) is 0 Å². The highest BCUT2D eigenvalue weighted by Crippen LogP contribution is 2.19. The summed E-state index contributed by atoms with van der Waals surface area (Å²) in [6, 6.07) is 3.40. The van der Waals surface area contributed by atoms with Crippen LogP contribution in [0.2, 0.25) is 0 Å². The fraction of sp³-hybridized carbons (Fsp3) is 0.615. The highest BCUT2D eigenvalue weighted by Gasteiger charge is 2.12. The van der Waals surface area contributed by atoms with Crippen molar-refractivity contribution in [1.29, 1.82) is 0 Å². The number of aromatic nitrogens is 1. The fourth-order valence-corrected chi connectivity index (χ4v) is 1.81. The first-order chi connectivity index (χ1) is 8.75. The number of hydrogen-bond acceptors (Lipinski definition) is 4. The van der Waals surface area contributed by atoms with Crippen LogP contribution in [0.3, 0.4) is 0 Å². The van der Waals surface area contributed by atoms with Crippen molar-refractivity contribution in [1.82, 2.24) is 4.98 Å². The summed E-state index contributed by atoms with van der Waals surface area (Å²) < 4.78 is 0. The SMILES string of the molecule is CCCCCCCCNc1cccnc1[N+](=O)[O-]. The lowest BCUT2D eigenvalue weighted by atomic mass is 10.1. The second-order valence-corrected chi connectivity index (χ2v) is 4.33. The van der Waals surface area contributed by atoms with Crippen LogP contribution in [0.15, 0.2) is 18.3 Å². The van der Waals surface area contributed by atoms with E-state index < -0.39 is 4.92 Å². The van der Waals surface area contributed by atoms with Crippen molar-refractivity contribution >= 4 is 11.5 Å². The largest absolute Gasteiger partial charge is 0.386 e. The van der Waals surface area contributed by atoms with Crippen molar-refractivity contribution in [2.75, 3.05) is 11.9 Å². The average molecular weight is 251 g/mol. The van der Waals surface area contributed by atoms with Gasteiger partial charge in [0.1, 0.15) is 11.9 Å². The molecule has 1 aromatic rings. The van der Waals surface area contributed by atoms with Crippen molar-refractivity contribution in [3.05, 3.63) is 28.4 Å². The van der Waals surface area contributed by atoms with Crippen LogP contribution in [-0.2, 0) is 0 Å². The van der Waals surface area contributed by atoms with E-state index in [2.05, 4.69) is 17.2 Å². The van der Waals surface area contributed by atoms with Gasteiger partial charge in [-0.1, -0.05) is 39.0 Å². The highest BCUT2D eigenvalue weighted by atomic mass is 16.6. The molecule has 0 fully saturated rings. The molecule has 18 heavy (non-hydrogen) atoms. The lowest BCUT2D eigenvalue weighted by Crippen LogP contribution is -2.05. The van der Waals surface area contributed by atoms with Crippen LogP contribution in [0.1, 0.15) is 45.4 Å². The topological polar surface area (TPSA) is 68.1 Å². The maximum atomic E-state index is 10.7. The first kappa shape index (κ1) is 14.4. The molecule has 0 aliphatic carbocycles. The number of anilines is 1. The molecule has 0 saturated carbocycles. The van der Waals surface area contributed by atoms with E-state index in [0.29, 0.717) is 5.69 Å². The van der Waals surface area contributed by atoms with Crippen LogP contribution < -0.4 is 5.32 Å². The summed E-state index contributed by atoms with van der Waals surface area (Å²) in [6.07, 6.45) is 8.71. The summed E-state index contributed by atoms with van der Waals surface area (Å²) in [5, 5.41) is 13.8. The van der Waals surface area contributed by atoms with Crippen LogP contribution >= 0.6 is 0 Å². The zero-order chi connectivity index (χ0) is 13.2. The third kappa shape index (κ3) is 5.12. The molecular weight excluding hydrogens is 230 g/mol. The zero-order valence-corrected chi connectivity index (χ0v) is 10.9. The average Bonchev–Trinajstić information content (AvgIpc) is 2.38. The van der Waals surface area contributed by atoms with E-state index in [4.69, 9.17) is 0 Å². The quantitative estimate of drug-likeness (QED) is 0.412. The minimum atomic E-state index is -0.455. The second-order valence-electron chi connectivity index (χ2n) is 4.33. The Kier molecular flexibility index (Phi) is 6.76. The molecular formula is C13H21N3O2. The molecule has 0 saturated heterocycles. The van der Waals surface area contributed by atoms with Crippen molar-refractivity contribution in [2.24, 2.45) is 0 Å². The monoisotopic (exact) mass is 251 g/mol. The fourth-order valence-electron chi connectivity index (χ4n) is 1.81. The van der Waals surface area contributed by atoms with Crippen molar-refractivity contribution < 1.29 is 4.92 Å². The first-order valence-corrected chi connectivity index (χ1v) is 6.59. The Hall–Kier alpha value is -1.65. The Labute approximate surface area is 108 Å². The number of nitrogens with zero attached hydrogens (tertiary/aromatic N) is 2. The minimum Gasteiger partial charge on any atom is -0.378 e. The summed E-state index contributed by atoms with van der Waals surface area (Å²) in [5.74, 6) is -0.0940. The Balaban J connectivity index is 2.25. The Bertz CT molecular complexity index is 369. The Morgan fingerprint density at radius 2 is 2.00 bits per heavy atom. The first-order valence-electron chi connectivity index (χ1n) is 6.59. The third-order valence-corrected chi connectivity index (χ3v) is 2.81. The number of hydrogen-bond donors (Lipinski definition) is 1. The summed E-state index contributed by atoms with van der Waals surface area (Å²) in [4.78, 5) is 14.0. The van der Waals surface area contributed by atoms with Gasteiger partial charge >= 0.3 is 5.82 Å². The maximum Gasteiger partial charge on any atom is 0.386 e. The van der Waals surface area contributed by atoms with Gasteiger partial charge in [0.25, 0.3) is 0 Å². The van der Waals surface area contributed by atoms with E-state index in [-0.39, 0.29) is 5.82 Å². The minimum absolute atomic E-state index is 0.0940. The van der Waals surface area contributed by atoms with E-state index in [1.54, 1.807) is 12.1 Å².